The van der Waals surface area contributed by atoms with Crippen LogP contribution in [0.25, 0.3) is 0 Å². The van der Waals surface area contributed by atoms with Gasteiger partial charge >= 0.3 is 0 Å². The molecule has 0 atom stereocenters. The van der Waals surface area contributed by atoms with Gasteiger partial charge in [-0.05, 0) is 48.1 Å². The second-order valence-corrected chi connectivity index (χ2v) is 7.36. The van der Waals surface area contributed by atoms with Crippen molar-refractivity contribution in [2.24, 2.45) is 4.99 Å². The highest BCUT2D eigenvalue weighted by Gasteiger charge is 2.13. The molecule has 0 amide bonds. The molecule has 1 aromatic carbocycles. The Labute approximate surface area is 167 Å². The first-order valence-corrected chi connectivity index (χ1v) is 10.2. The molecule has 6 nitrogen and oxygen atoms in total. The fraction of sp³-hybridized carbons (Fsp3) is 0.455. The summed E-state index contributed by atoms with van der Waals surface area (Å²) in [6.07, 6.45) is 6.48. The van der Waals surface area contributed by atoms with Gasteiger partial charge in [0.1, 0.15) is 11.6 Å². The Morgan fingerprint density at radius 3 is 2.79 bits per heavy atom. The van der Waals surface area contributed by atoms with Crippen molar-refractivity contribution in [2.45, 2.75) is 32.2 Å². The second-order valence-electron chi connectivity index (χ2n) is 7.36. The Morgan fingerprint density at radius 1 is 1.14 bits per heavy atom. The summed E-state index contributed by atoms with van der Waals surface area (Å²) in [4.78, 5) is 11.3. The minimum atomic E-state index is 0.711. The lowest BCUT2D eigenvalue weighted by atomic mass is 10.1. The molecule has 2 N–H and O–H groups in total. The zero-order valence-electron chi connectivity index (χ0n) is 16.6. The molecule has 2 aliphatic heterocycles. The number of ether oxygens (including phenoxy) is 1. The molecule has 0 saturated carbocycles. The van der Waals surface area contributed by atoms with Crippen molar-refractivity contribution in [3.05, 3.63) is 53.2 Å². The van der Waals surface area contributed by atoms with Gasteiger partial charge in [-0.25, -0.2) is 4.98 Å². The predicted octanol–water partition coefficient (Wildman–Crippen LogP) is 2.52. The fourth-order valence-electron chi connectivity index (χ4n) is 3.78. The molecule has 1 saturated heterocycles. The molecule has 0 radical (unpaired) electrons. The van der Waals surface area contributed by atoms with Crippen molar-refractivity contribution in [2.75, 3.05) is 38.2 Å². The van der Waals surface area contributed by atoms with E-state index in [1.165, 1.54) is 24.0 Å². The molecular weight excluding hydrogens is 350 g/mol. The number of hydrogen-bond acceptors (Lipinski definition) is 4. The largest absolute Gasteiger partial charge is 0.493 e. The number of fused-ring (bicyclic) bond motifs is 1. The van der Waals surface area contributed by atoms with Crippen LogP contribution in [0, 0.1) is 0 Å². The smallest absolute Gasteiger partial charge is 0.191 e. The highest BCUT2D eigenvalue weighted by Crippen LogP contribution is 2.25. The van der Waals surface area contributed by atoms with Gasteiger partial charge in [-0.15, -0.1) is 0 Å². The van der Waals surface area contributed by atoms with E-state index in [4.69, 9.17) is 4.74 Å². The van der Waals surface area contributed by atoms with Crippen molar-refractivity contribution in [3.8, 4) is 5.75 Å². The molecule has 0 spiro atoms. The molecule has 0 aliphatic carbocycles. The fourth-order valence-corrected chi connectivity index (χ4v) is 3.78. The minimum absolute atomic E-state index is 0.711. The molecule has 2 aromatic rings. The Bertz CT molecular complexity index is 812. The van der Waals surface area contributed by atoms with Crippen LogP contribution in [0.1, 0.15) is 29.5 Å². The molecule has 6 heteroatoms. The first-order valence-electron chi connectivity index (χ1n) is 10.2. The van der Waals surface area contributed by atoms with Crippen LogP contribution in [-0.2, 0) is 19.4 Å². The monoisotopic (exact) mass is 379 g/mol. The van der Waals surface area contributed by atoms with Gasteiger partial charge in [0.2, 0.25) is 0 Å². The summed E-state index contributed by atoms with van der Waals surface area (Å²) in [6, 6.07) is 10.8. The molecular formula is C22H29N5O. The molecule has 4 rings (SSSR count). The Hall–Kier alpha value is -2.76. The summed E-state index contributed by atoms with van der Waals surface area (Å²) in [5.41, 5.74) is 3.81. The van der Waals surface area contributed by atoms with E-state index >= 15 is 0 Å². The molecule has 0 bridgehead atoms. The summed E-state index contributed by atoms with van der Waals surface area (Å²) < 4.78 is 5.57. The van der Waals surface area contributed by atoms with Crippen molar-refractivity contribution in [3.63, 3.8) is 0 Å². The Morgan fingerprint density at radius 2 is 2.00 bits per heavy atom. The molecule has 148 valence electrons. The zero-order valence-corrected chi connectivity index (χ0v) is 16.6. The van der Waals surface area contributed by atoms with Gasteiger partial charge in [0.25, 0.3) is 0 Å². The molecule has 2 aliphatic rings. The highest BCUT2D eigenvalue weighted by molar-refractivity contribution is 5.79. The van der Waals surface area contributed by atoms with Crippen molar-refractivity contribution in [1.82, 2.24) is 15.6 Å². The first-order chi connectivity index (χ1) is 13.8. The summed E-state index contributed by atoms with van der Waals surface area (Å²) in [6.45, 7) is 4.60. The molecule has 0 unspecified atom stereocenters. The van der Waals surface area contributed by atoms with E-state index in [1.54, 1.807) is 7.05 Å². The molecule has 28 heavy (non-hydrogen) atoms. The van der Waals surface area contributed by atoms with Gasteiger partial charge in [0, 0.05) is 45.8 Å². The van der Waals surface area contributed by atoms with E-state index in [1.807, 2.05) is 6.20 Å². The van der Waals surface area contributed by atoms with E-state index in [9.17, 15) is 0 Å². The number of nitrogens with one attached hydrogen (secondary N) is 2. The van der Waals surface area contributed by atoms with E-state index in [0.717, 1.165) is 62.2 Å². The number of guanidine groups is 1. The Balaban J connectivity index is 1.22. The first kappa shape index (κ1) is 18.6. The number of pyridine rings is 1. The lowest BCUT2D eigenvalue weighted by molar-refractivity contribution is 0.357. The third kappa shape index (κ3) is 4.55. The number of benzene rings is 1. The third-order valence-corrected chi connectivity index (χ3v) is 5.38. The predicted molar refractivity (Wildman–Crippen MR) is 113 cm³/mol. The van der Waals surface area contributed by atoms with E-state index in [-0.39, 0.29) is 0 Å². The average molecular weight is 380 g/mol. The van der Waals surface area contributed by atoms with Crippen LogP contribution in [0.4, 0.5) is 5.82 Å². The van der Waals surface area contributed by atoms with Crippen molar-refractivity contribution < 1.29 is 4.74 Å². The summed E-state index contributed by atoms with van der Waals surface area (Å²) in [5, 5.41) is 6.76. The lowest BCUT2D eigenvalue weighted by Gasteiger charge is -2.16. The topological polar surface area (TPSA) is 61.8 Å². The van der Waals surface area contributed by atoms with Gasteiger partial charge in [0.05, 0.1) is 6.61 Å². The minimum Gasteiger partial charge on any atom is -0.493 e. The maximum Gasteiger partial charge on any atom is 0.191 e. The number of nitrogens with zero attached hydrogens (tertiary/aromatic N) is 3. The van der Waals surface area contributed by atoms with E-state index < -0.39 is 0 Å². The maximum atomic E-state index is 5.57. The average Bonchev–Trinajstić information content (AvgIpc) is 3.42. The third-order valence-electron chi connectivity index (χ3n) is 5.38. The number of aromatic nitrogens is 1. The maximum absolute atomic E-state index is 5.57. The van der Waals surface area contributed by atoms with Crippen molar-refractivity contribution >= 4 is 11.8 Å². The van der Waals surface area contributed by atoms with Crippen LogP contribution in [0.15, 0.2) is 41.5 Å². The molecule has 1 aromatic heterocycles. The zero-order chi connectivity index (χ0) is 19.2. The van der Waals surface area contributed by atoms with Gasteiger partial charge in [-0.3, -0.25) is 4.99 Å². The lowest BCUT2D eigenvalue weighted by Crippen LogP contribution is -2.37. The second kappa shape index (κ2) is 8.95. The summed E-state index contributed by atoms with van der Waals surface area (Å²) >= 11 is 0. The van der Waals surface area contributed by atoms with E-state index in [2.05, 4.69) is 55.8 Å². The number of rotatable bonds is 6. The van der Waals surface area contributed by atoms with Gasteiger partial charge in [-0.2, -0.15) is 0 Å². The van der Waals surface area contributed by atoms with Crippen LogP contribution >= 0.6 is 0 Å². The van der Waals surface area contributed by atoms with Gasteiger partial charge in [-0.1, -0.05) is 18.2 Å². The van der Waals surface area contributed by atoms with Crippen LogP contribution in [0.3, 0.4) is 0 Å². The summed E-state index contributed by atoms with van der Waals surface area (Å²) in [5.74, 6) is 2.94. The van der Waals surface area contributed by atoms with Crippen LogP contribution < -0.4 is 20.3 Å². The standard InChI is InChI=1S/C22H29N5O/c1-23-22(24-10-8-17-4-6-20-19(14-17)9-13-28-20)26-16-18-5-7-21(25-15-18)27-11-2-3-12-27/h4-7,14-15H,2-3,8-13,16H2,1H3,(H2,23,24,26). The quantitative estimate of drug-likeness (QED) is 0.597. The number of hydrogen-bond donors (Lipinski definition) is 2. The highest BCUT2D eigenvalue weighted by atomic mass is 16.5. The number of aliphatic imine (C=N–C) groups is 1. The van der Waals surface area contributed by atoms with Gasteiger partial charge < -0.3 is 20.3 Å². The van der Waals surface area contributed by atoms with Crippen LogP contribution in [0.5, 0.6) is 5.75 Å². The van der Waals surface area contributed by atoms with Gasteiger partial charge in [0.15, 0.2) is 5.96 Å². The van der Waals surface area contributed by atoms with Crippen molar-refractivity contribution in [1.29, 1.82) is 0 Å². The summed E-state index contributed by atoms with van der Waals surface area (Å²) in [7, 11) is 1.80. The van der Waals surface area contributed by atoms with Crippen LogP contribution in [-0.4, -0.2) is 44.2 Å². The Kier molecular flexibility index (Phi) is 5.95. The number of anilines is 1. The molecule has 1 fully saturated rings. The SMILES string of the molecule is CN=C(NCCc1ccc2c(c1)CCO2)NCc1ccc(N2CCCC2)nc1. The van der Waals surface area contributed by atoms with E-state index in [0.29, 0.717) is 6.54 Å². The molecule has 3 heterocycles. The van der Waals surface area contributed by atoms with Crippen LogP contribution in [0.2, 0.25) is 0 Å². The normalized spacial score (nSPS) is 16.0.